The SMILES string of the molecule is CN(CCc1ccc(Cl)s1)C(=O)C(O)CN. The van der Waals surface area contributed by atoms with Crippen LogP contribution in [-0.4, -0.2) is 42.2 Å². The molecule has 0 radical (unpaired) electrons. The highest BCUT2D eigenvalue weighted by atomic mass is 35.5. The summed E-state index contributed by atoms with van der Waals surface area (Å²) in [6.07, 6.45) is -0.367. The molecular weight excluding hydrogens is 248 g/mol. The Balaban J connectivity index is 2.40. The maximum atomic E-state index is 11.5. The number of aliphatic hydroxyl groups is 1. The number of hydrogen-bond donors (Lipinski definition) is 2. The first-order valence-corrected chi connectivity index (χ1v) is 6.11. The number of carbonyl (C=O) groups excluding carboxylic acids is 1. The number of aliphatic hydroxyl groups excluding tert-OH is 1. The summed E-state index contributed by atoms with van der Waals surface area (Å²) >= 11 is 7.29. The van der Waals surface area contributed by atoms with E-state index in [2.05, 4.69) is 0 Å². The predicted octanol–water partition coefficient (Wildman–Crippen LogP) is 0.722. The third-order valence-corrected chi connectivity index (χ3v) is 3.50. The molecule has 3 N–H and O–H groups in total. The summed E-state index contributed by atoms with van der Waals surface area (Å²) in [7, 11) is 1.65. The topological polar surface area (TPSA) is 66.6 Å². The second-order valence-corrected chi connectivity index (χ2v) is 5.27. The van der Waals surface area contributed by atoms with Gasteiger partial charge < -0.3 is 15.7 Å². The Kier molecular flexibility index (Phi) is 5.21. The maximum Gasteiger partial charge on any atom is 0.252 e. The molecule has 16 heavy (non-hydrogen) atoms. The summed E-state index contributed by atoms with van der Waals surface area (Å²) in [4.78, 5) is 14.1. The Hall–Kier alpha value is -0.620. The van der Waals surface area contributed by atoms with Crippen molar-refractivity contribution in [1.82, 2.24) is 4.90 Å². The Labute approximate surface area is 104 Å². The standard InChI is InChI=1S/C10H15ClN2O2S/c1-13(10(15)8(14)6-12)5-4-7-2-3-9(11)16-7/h2-3,8,14H,4-6,12H2,1H3. The van der Waals surface area contributed by atoms with Crippen molar-refractivity contribution in [3.8, 4) is 0 Å². The molecule has 0 aliphatic heterocycles. The molecule has 0 aliphatic carbocycles. The van der Waals surface area contributed by atoms with Gasteiger partial charge >= 0.3 is 0 Å². The van der Waals surface area contributed by atoms with Crippen molar-refractivity contribution in [1.29, 1.82) is 0 Å². The lowest BCUT2D eigenvalue weighted by molar-refractivity contribution is -0.138. The number of likely N-dealkylation sites (N-methyl/N-ethyl adjacent to an activating group) is 1. The maximum absolute atomic E-state index is 11.5. The van der Waals surface area contributed by atoms with Gasteiger partial charge in [0.1, 0.15) is 6.10 Å². The normalized spacial score (nSPS) is 12.5. The molecule has 1 aromatic rings. The molecule has 1 atom stereocenters. The summed E-state index contributed by atoms with van der Waals surface area (Å²) in [5.74, 6) is -0.342. The minimum Gasteiger partial charge on any atom is -0.382 e. The van der Waals surface area contributed by atoms with E-state index < -0.39 is 6.10 Å². The summed E-state index contributed by atoms with van der Waals surface area (Å²) < 4.78 is 0.742. The van der Waals surface area contributed by atoms with Gasteiger partial charge in [0.15, 0.2) is 0 Å². The highest BCUT2D eigenvalue weighted by Gasteiger charge is 2.17. The number of thiophene rings is 1. The van der Waals surface area contributed by atoms with Crippen molar-refractivity contribution in [2.24, 2.45) is 5.73 Å². The summed E-state index contributed by atoms with van der Waals surface area (Å²) in [5.41, 5.74) is 5.21. The fraction of sp³-hybridized carbons (Fsp3) is 0.500. The first-order valence-electron chi connectivity index (χ1n) is 4.92. The Morgan fingerprint density at radius 3 is 2.88 bits per heavy atom. The van der Waals surface area contributed by atoms with Crippen LogP contribution in [0.3, 0.4) is 0 Å². The number of amides is 1. The quantitative estimate of drug-likeness (QED) is 0.822. The van der Waals surface area contributed by atoms with Gasteiger partial charge in [-0.3, -0.25) is 4.79 Å². The Morgan fingerprint density at radius 2 is 2.38 bits per heavy atom. The number of nitrogens with two attached hydrogens (primary N) is 1. The van der Waals surface area contributed by atoms with E-state index in [1.807, 2.05) is 12.1 Å². The highest BCUT2D eigenvalue weighted by molar-refractivity contribution is 7.16. The van der Waals surface area contributed by atoms with Gasteiger partial charge in [-0.05, 0) is 18.6 Å². The lowest BCUT2D eigenvalue weighted by Gasteiger charge is -2.19. The monoisotopic (exact) mass is 262 g/mol. The van der Waals surface area contributed by atoms with E-state index in [9.17, 15) is 9.90 Å². The van der Waals surface area contributed by atoms with Gasteiger partial charge in [0.25, 0.3) is 5.91 Å². The van der Waals surface area contributed by atoms with Gasteiger partial charge in [0.2, 0.25) is 0 Å². The highest BCUT2D eigenvalue weighted by Crippen LogP contribution is 2.21. The molecule has 1 rings (SSSR count). The third kappa shape index (κ3) is 3.75. The van der Waals surface area contributed by atoms with Crippen molar-refractivity contribution in [2.75, 3.05) is 20.1 Å². The van der Waals surface area contributed by atoms with E-state index in [4.69, 9.17) is 17.3 Å². The number of nitrogens with zero attached hydrogens (tertiary/aromatic N) is 1. The molecule has 0 saturated heterocycles. The fourth-order valence-electron chi connectivity index (χ4n) is 1.23. The molecule has 1 unspecified atom stereocenters. The van der Waals surface area contributed by atoms with E-state index in [1.54, 1.807) is 7.05 Å². The molecule has 0 fully saturated rings. The minimum atomic E-state index is -1.10. The zero-order chi connectivity index (χ0) is 12.1. The number of halogens is 1. The van der Waals surface area contributed by atoms with Gasteiger partial charge in [-0.15, -0.1) is 11.3 Å². The molecule has 0 spiro atoms. The summed E-state index contributed by atoms with van der Waals surface area (Å²) in [6, 6.07) is 3.77. The van der Waals surface area contributed by atoms with Crippen LogP contribution in [0.2, 0.25) is 4.34 Å². The van der Waals surface area contributed by atoms with Gasteiger partial charge in [0, 0.05) is 25.0 Å². The van der Waals surface area contributed by atoms with E-state index in [1.165, 1.54) is 16.2 Å². The van der Waals surface area contributed by atoms with Crippen LogP contribution in [0.1, 0.15) is 4.88 Å². The fourth-order valence-corrected chi connectivity index (χ4v) is 2.31. The number of hydrogen-bond acceptors (Lipinski definition) is 4. The first-order chi connectivity index (χ1) is 7.54. The van der Waals surface area contributed by atoms with Gasteiger partial charge in [-0.1, -0.05) is 11.6 Å². The van der Waals surface area contributed by atoms with Gasteiger partial charge in [0.05, 0.1) is 4.34 Å². The predicted molar refractivity (Wildman–Crippen MR) is 65.7 cm³/mol. The average Bonchev–Trinajstić information content (AvgIpc) is 2.69. The van der Waals surface area contributed by atoms with Crippen LogP contribution in [0, 0.1) is 0 Å². The lowest BCUT2D eigenvalue weighted by Crippen LogP contribution is -2.41. The summed E-state index contributed by atoms with van der Waals surface area (Å²) in [6.45, 7) is 0.501. The van der Waals surface area contributed by atoms with Crippen LogP contribution in [0.5, 0.6) is 0 Å². The molecule has 1 amide bonds. The molecule has 0 aromatic carbocycles. The Morgan fingerprint density at radius 1 is 1.69 bits per heavy atom. The molecule has 4 nitrogen and oxygen atoms in total. The molecule has 6 heteroatoms. The molecule has 0 saturated carbocycles. The number of carbonyl (C=O) groups is 1. The van der Waals surface area contributed by atoms with E-state index in [-0.39, 0.29) is 12.5 Å². The zero-order valence-corrected chi connectivity index (χ0v) is 10.6. The smallest absolute Gasteiger partial charge is 0.252 e. The van der Waals surface area contributed by atoms with Crippen molar-refractivity contribution < 1.29 is 9.90 Å². The molecular formula is C10H15ClN2O2S. The largest absolute Gasteiger partial charge is 0.382 e. The van der Waals surface area contributed by atoms with Crippen LogP contribution in [0.4, 0.5) is 0 Å². The van der Waals surface area contributed by atoms with Crippen LogP contribution < -0.4 is 5.73 Å². The molecule has 0 aliphatic rings. The molecule has 1 heterocycles. The minimum absolute atomic E-state index is 0.0476. The van der Waals surface area contributed by atoms with E-state index >= 15 is 0 Å². The van der Waals surface area contributed by atoms with Gasteiger partial charge in [-0.25, -0.2) is 0 Å². The number of rotatable bonds is 5. The Bertz CT molecular complexity index is 356. The van der Waals surface area contributed by atoms with Crippen LogP contribution in [-0.2, 0) is 11.2 Å². The average molecular weight is 263 g/mol. The van der Waals surface area contributed by atoms with Gasteiger partial charge in [-0.2, -0.15) is 0 Å². The second-order valence-electron chi connectivity index (χ2n) is 3.47. The second kappa shape index (κ2) is 6.20. The van der Waals surface area contributed by atoms with Crippen LogP contribution in [0.15, 0.2) is 12.1 Å². The zero-order valence-electron chi connectivity index (χ0n) is 9.02. The van der Waals surface area contributed by atoms with Crippen LogP contribution >= 0.6 is 22.9 Å². The van der Waals surface area contributed by atoms with Crippen molar-refractivity contribution >= 4 is 28.8 Å². The summed E-state index contributed by atoms with van der Waals surface area (Å²) in [5, 5.41) is 9.26. The van der Waals surface area contributed by atoms with E-state index in [0.29, 0.717) is 6.54 Å². The van der Waals surface area contributed by atoms with E-state index in [0.717, 1.165) is 15.6 Å². The van der Waals surface area contributed by atoms with Crippen molar-refractivity contribution in [3.05, 3.63) is 21.3 Å². The van der Waals surface area contributed by atoms with Crippen LogP contribution in [0.25, 0.3) is 0 Å². The molecule has 0 bridgehead atoms. The van der Waals surface area contributed by atoms with Crippen molar-refractivity contribution in [2.45, 2.75) is 12.5 Å². The van der Waals surface area contributed by atoms with Crippen molar-refractivity contribution in [3.63, 3.8) is 0 Å². The third-order valence-electron chi connectivity index (χ3n) is 2.21. The molecule has 1 aromatic heterocycles. The lowest BCUT2D eigenvalue weighted by atomic mass is 10.3. The first kappa shape index (κ1) is 13.4. The molecule has 90 valence electrons.